The van der Waals surface area contributed by atoms with Crippen molar-refractivity contribution in [3.05, 3.63) is 71.9 Å². The van der Waals surface area contributed by atoms with Crippen LogP contribution in [-0.4, -0.2) is 22.7 Å². The summed E-state index contributed by atoms with van der Waals surface area (Å²) in [4.78, 5) is 16.5. The van der Waals surface area contributed by atoms with Gasteiger partial charge in [0.15, 0.2) is 6.61 Å². The number of ether oxygens (including phenoxy) is 2. The van der Waals surface area contributed by atoms with Crippen molar-refractivity contribution in [2.45, 2.75) is 32.3 Å². The molecule has 7 nitrogen and oxygen atoms in total. The van der Waals surface area contributed by atoms with Crippen molar-refractivity contribution < 1.29 is 18.8 Å². The number of rotatable bonds is 9. The van der Waals surface area contributed by atoms with E-state index in [0.29, 0.717) is 35.7 Å². The van der Waals surface area contributed by atoms with Crippen molar-refractivity contribution in [3.8, 4) is 11.5 Å². The lowest BCUT2D eigenvalue weighted by Gasteiger charge is -2.06. The molecule has 0 aliphatic heterocycles. The van der Waals surface area contributed by atoms with Crippen LogP contribution in [-0.2, 0) is 11.4 Å². The molecule has 3 aromatic rings. The number of hydrogen-bond acceptors (Lipinski definition) is 6. The average Bonchev–Trinajstić information content (AvgIpc) is 3.51. The van der Waals surface area contributed by atoms with E-state index < -0.39 is 0 Å². The van der Waals surface area contributed by atoms with Gasteiger partial charge in [0.25, 0.3) is 0 Å². The van der Waals surface area contributed by atoms with Crippen LogP contribution >= 0.6 is 0 Å². The Morgan fingerprint density at radius 2 is 1.80 bits per heavy atom. The summed E-state index contributed by atoms with van der Waals surface area (Å²) in [7, 11) is 0. The molecule has 7 heteroatoms. The van der Waals surface area contributed by atoms with Crippen molar-refractivity contribution in [3.63, 3.8) is 0 Å². The zero-order valence-electron chi connectivity index (χ0n) is 16.7. The fourth-order valence-electron chi connectivity index (χ4n) is 2.80. The molecule has 0 radical (unpaired) electrons. The highest BCUT2D eigenvalue weighted by atomic mass is 16.5. The Morgan fingerprint density at radius 1 is 1.10 bits per heavy atom. The van der Waals surface area contributed by atoms with Gasteiger partial charge in [-0.25, -0.2) is 0 Å². The lowest BCUT2D eigenvalue weighted by molar-refractivity contribution is -0.111. The molecule has 1 aromatic heterocycles. The summed E-state index contributed by atoms with van der Waals surface area (Å²) in [5.41, 5.74) is 1.60. The number of benzene rings is 2. The molecule has 1 N–H and O–H groups in total. The molecule has 1 heterocycles. The zero-order valence-corrected chi connectivity index (χ0v) is 16.7. The average molecular weight is 405 g/mol. The van der Waals surface area contributed by atoms with Crippen LogP contribution in [0.4, 0.5) is 5.69 Å². The quantitative estimate of drug-likeness (QED) is 0.525. The molecule has 1 saturated carbocycles. The third kappa shape index (κ3) is 5.47. The number of anilines is 1. The predicted molar refractivity (Wildman–Crippen MR) is 112 cm³/mol. The van der Waals surface area contributed by atoms with Gasteiger partial charge in [-0.3, -0.25) is 4.79 Å². The van der Waals surface area contributed by atoms with Gasteiger partial charge in [-0.2, -0.15) is 4.98 Å². The topological polar surface area (TPSA) is 86.5 Å². The first-order valence-electron chi connectivity index (χ1n) is 9.97. The summed E-state index contributed by atoms with van der Waals surface area (Å²) in [6, 6.07) is 14.7. The maximum atomic E-state index is 12.1. The first kappa shape index (κ1) is 19.7. The smallest absolute Gasteiger partial charge is 0.248 e. The molecular formula is C23H23N3O4. The number of nitrogens with zero attached hydrogens (tertiary/aromatic N) is 2. The second-order valence-electron chi connectivity index (χ2n) is 6.96. The van der Waals surface area contributed by atoms with Crippen LogP contribution < -0.4 is 14.8 Å². The van der Waals surface area contributed by atoms with E-state index in [2.05, 4.69) is 15.5 Å². The summed E-state index contributed by atoms with van der Waals surface area (Å²) in [6.07, 6.45) is 5.48. The van der Waals surface area contributed by atoms with Gasteiger partial charge in [0.2, 0.25) is 17.6 Å². The molecule has 1 fully saturated rings. The van der Waals surface area contributed by atoms with Crippen LogP contribution in [0.25, 0.3) is 6.08 Å². The zero-order chi connectivity index (χ0) is 20.8. The fraction of sp³-hybridized carbons (Fsp3) is 0.261. The number of nitrogens with one attached hydrogen (secondary N) is 1. The molecule has 2 aromatic carbocycles. The molecule has 1 aliphatic rings. The molecule has 0 unspecified atom stereocenters. The SMILES string of the molecule is CCOc1ccc(/C=C/C(=O)Nc2ccc(OCc3noc(C4CC4)n3)cc2)cc1. The molecule has 0 atom stereocenters. The monoisotopic (exact) mass is 405 g/mol. The Morgan fingerprint density at radius 3 is 2.50 bits per heavy atom. The lowest BCUT2D eigenvalue weighted by atomic mass is 10.2. The third-order valence-corrected chi connectivity index (χ3v) is 4.52. The van der Waals surface area contributed by atoms with E-state index in [4.69, 9.17) is 14.0 Å². The van der Waals surface area contributed by atoms with Gasteiger partial charge in [-0.15, -0.1) is 0 Å². The maximum absolute atomic E-state index is 12.1. The maximum Gasteiger partial charge on any atom is 0.248 e. The fourth-order valence-corrected chi connectivity index (χ4v) is 2.80. The summed E-state index contributed by atoms with van der Waals surface area (Å²) in [5.74, 6) is 2.92. The summed E-state index contributed by atoms with van der Waals surface area (Å²) < 4.78 is 16.3. The highest BCUT2D eigenvalue weighted by Crippen LogP contribution is 2.38. The van der Waals surface area contributed by atoms with Crippen LogP contribution in [0.1, 0.15) is 43.0 Å². The highest BCUT2D eigenvalue weighted by molar-refractivity contribution is 6.01. The van der Waals surface area contributed by atoms with Crippen LogP contribution in [0.3, 0.4) is 0 Å². The van der Waals surface area contributed by atoms with Gasteiger partial charge < -0.3 is 19.3 Å². The number of carbonyl (C=O) groups is 1. The first-order valence-corrected chi connectivity index (χ1v) is 9.97. The molecule has 30 heavy (non-hydrogen) atoms. The second kappa shape index (κ2) is 9.26. The van der Waals surface area contributed by atoms with E-state index in [1.807, 2.05) is 31.2 Å². The molecule has 0 spiro atoms. The molecule has 4 rings (SSSR count). The van der Waals surface area contributed by atoms with Gasteiger partial charge >= 0.3 is 0 Å². The van der Waals surface area contributed by atoms with E-state index >= 15 is 0 Å². The molecule has 1 aliphatic carbocycles. The standard InChI is InChI=1S/C23H23N3O4/c1-2-28-19-10-3-16(4-11-19)5-14-22(27)24-18-8-12-20(13-9-18)29-15-21-25-23(30-26-21)17-6-7-17/h3-5,8-14,17H,2,6-7,15H2,1H3,(H,24,27)/b14-5+. The summed E-state index contributed by atoms with van der Waals surface area (Å²) >= 11 is 0. The van der Waals surface area contributed by atoms with Gasteiger partial charge in [-0.1, -0.05) is 17.3 Å². The van der Waals surface area contributed by atoms with Crippen molar-refractivity contribution in [1.29, 1.82) is 0 Å². The van der Waals surface area contributed by atoms with E-state index in [9.17, 15) is 4.79 Å². The summed E-state index contributed by atoms with van der Waals surface area (Å²) in [6.45, 7) is 2.81. The minimum atomic E-state index is -0.211. The van der Waals surface area contributed by atoms with Crippen LogP contribution in [0, 0.1) is 0 Å². The van der Waals surface area contributed by atoms with E-state index in [1.54, 1.807) is 30.3 Å². The Bertz CT molecular complexity index is 1010. The summed E-state index contributed by atoms with van der Waals surface area (Å²) in [5, 5.41) is 6.75. The number of aromatic nitrogens is 2. The lowest BCUT2D eigenvalue weighted by Crippen LogP contribution is -2.07. The molecule has 0 bridgehead atoms. The van der Waals surface area contributed by atoms with Crippen molar-refractivity contribution in [1.82, 2.24) is 10.1 Å². The molecule has 0 saturated heterocycles. The Balaban J connectivity index is 1.25. The van der Waals surface area contributed by atoms with Gasteiger partial charge in [0.05, 0.1) is 6.61 Å². The second-order valence-corrected chi connectivity index (χ2v) is 6.96. The van der Waals surface area contributed by atoms with Crippen LogP contribution in [0.2, 0.25) is 0 Å². The molecular weight excluding hydrogens is 382 g/mol. The number of carbonyl (C=O) groups excluding carboxylic acids is 1. The molecule has 1 amide bonds. The van der Waals surface area contributed by atoms with Crippen LogP contribution in [0.5, 0.6) is 11.5 Å². The van der Waals surface area contributed by atoms with Gasteiger partial charge in [0.1, 0.15) is 11.5 Å². The largest absolute Gasteiger partial charge is 0.494 e. The Kier molecular flexibility index (Phi) is 6.08. The van der Waals surface area contributed by atoms with Crippen molar-refractivity contribution in [2.24, 2.45) is 0 Å². The van der Waals surface area contributed by atoms with E-state index in [1.165, 1.54) is 6.08 Å². The van der Waals surface area contributed by atoms with Gasteiger partial charge in [-0.05, 0) is 67.8 Å². The van der Waals surface area contributed by atoms with E-state index in [-0.39, 0.29) is 12.5 Å². The van der Waals surface area contributed by atoms with Crippen molar-refractivity contribution >= 4 is 17.7 Å². The first-order chi connectivity index (χ1) is 14.7. The normalized spacial score (nSPS) is 13.4. The van der Waals surface area contributed by atoms with Crippen LogP contribution in [0.15, 0.2) is 59.1 Å². The minimum Gasteiger partial charge on any atom is -0.494 e. The number of amides is 1. The Hall–Kier alpha value is -3.61. The third-order valence-electron chi connectivity index (χ3n) is 4.52. The predicted octanol–water partition coefficient (Wildman–Crippen LogP) is 4.58. The molecule has 154 valence electrons. The van der Waals surface area contributed by atoms with Crippen molar-refractivity contribution in [2.75, 3.05) is 11.9 Å². The van der Waals surface area contributed by atoms with Gasteiger partial charge in [0, 0.05) is 17.7 Å². The highest BCUT2D eigenvalue weighted by Gasteiger charge is 2.29. The minimum absolute atomic E-state index is 0.211. The van der Waals surface area contributed by atoms with E-state index in [0.717, 1.165) is 24.2 Å². The Labute approximate surface area is 174 Å². The number of hydrogen-bond donors (Lipinski definition) is 1.